The standard InChI is InChI=1S/C23H24BrNO2/c1-16-9-10-21(11-17(16)2)25-14-19-12-20(24)13-22(26-3)23(19)27-15-18-7-5-4-6-8-18/h4-13,25H,14-15H2,1-3H3. The van der Waals surface area contributed by atoms with E-state index in [0.29, 0.717) is 13.2 Å². The predicted octanol–water partition coefficient (Wildman–Crippen LogP) is 6.27. The fourth-order valence-corrected chi connectivity index (χ4v) is 3.33. The number of hydrogen-bond donors (Lipinski definition) is 1. The third-order valence-corrected chi connectivity index (χ3v) is 4.99. The Bertz CT molecular complexity index is 910. The molecule has 1 N–H and O–H groups in total. The molecule has 3 rings (SSSR count). The Kier molecular flexibility index (Phi) is 6.40. The van der Waals surface area contributed by atoms with Gasteiger partial charge >= 0.3 is 0 Å². The molecule has 3 aromatic rings. The Morgan fingerprint density at radius 3 is 2.41 bits per heavy atom. The number of hydrogen-bond acceptors (Lipinski definition) is 3. The van der Waals surface area contributed by atoms with E-state index in [1.54, 1.807) is 7.11 Å². The smallest absolute Gasteiger partial charge is 0.166 e. The van der Waals surface area contributed by atoms with Crippen molar-refractivity contribution in [1.29, 1.82) is 0 Å². The maximum Gasteiger partial charge on any atom is 0.166 e. The van der Waals surface area contributed by atoms with Crippen LogP contribution in [0.15, 0.2) is 65.1 Å². The molecule has 140 valence electrons. The van der Waals surface area contributed by atoms with E-state index in [1.165, 1.54) is 11.1 Å². The molecule has 0 radical (unpaired) electrons. The van der Waals surface area contributed by atoms with E-state index < -0.39 is 0 Å². The lowest BCUT2D eigenvalue weighted by atomic mass is 10.1. The second-order valence-electron chi connectivity index (χ2n) is 6.52. The summed E-state index contributed by atoms with van der Waals surface area (Å²) in [5, 5.41) is 3.49. The first-order valence-electron chi connectivity index (χ1n) is 8.91. The van der Waals surface area contributed by atoms with Crippen molar-refractivity contribution in [2.45, 2.75) is 27.0 Å². The molecule has 0 aromatic heterocycles. The zero-order chi connectivity index (χ0) is 19.2. The molecule has 3 aromatic carbocycles. The summed E-state index contributed by atoms with van der Waals surface area (Å²) in [5.74, 6) is 1.48. The van der Waals surface area contributed by atoms with Crippen LogP contribution in [0, 0.1) is 13.8 Å². The number of methoxy groups -OCH3 is 1. The lowest BCUT2D eigenvalue weighted by molar-refractivity contribution is 0.281. The number of benzene rings is 3. The molecule has 27 heavy (non-hydrogen) atoms. The van der Waals surface area contributed by atoms with Gasteiger partial charge in [-0.05, 0) is 54.8 Å². The van der Waals surface area contributed by atoms with Gasteiger partial charge in [0.15, 0.2) is 11.5 Å². The topological polar surface area (TPSA) is 30.5 Å². The van der Waals surface area contributed by atoms with Gasteiger partial charge in [0.25, 0.3) is 0 Å². The minimum Gasteiger partial charge on any atom is -0.493 e. The van der Waals surface area contributed by atoms with Gasteiger partial charge in [0.05, 0.1) is 7.11 Å². The maximum absolute atomic E-state index is 6.15. The molecule has 0 heterocycles. The first-order chi connectivity index (χ1) is 13.1. The van der Waals surface area contributed by atoms with Crippen LogP contribution in [-0.4, -0.2) is 7.11 Å². The van der Waals surface area contributed by atoms with Crippen molar-refractivity contribution in [2.75, 3.05) is 12.4 Å². The molecule has 0 unspecified atom stereocenters. The predicted molar refractivity (Wildman–Crippen MR) is 115 cm³/mol. The van der Waals surface area contributed by atoms with Crippen molar-refractivity contribution in [3.05, 3.63) is 87.4 Å². The molecule has 4 heteroatoms. The summed E-state index contributed by atoms with van der Waals surface area (Å²) in [6.07, 6.45) is 0. The number of aryl methyl sites for hydroxylation is 2. The second kappa shape index (κ2) is 8.96. The number of halogens is 1. The maximum atomic E-state index is 6.15. The van der Waals surface area contributed by atoms with Gasteiger partial charge in [-0.15, -0.1) is 0 Å². The molecule has 0 atom stereocenters. The van der Waals surface area contributed by atoms with Crippen molar-refractivity contribution in [3.63, 3.8) is 0 Å². The lowest BCUT2D eigenvalue weighted by Crippen LogP contribution is -2.06. The Morgan fingerprint density at radius 2 is 1.70 bits per heavy atom. The van der Waals surface area contributed by atoms with Crippen molar-refractivity contribution < 1.29 is 9.47 Å². The van der Waals surface area contributed by atoms with Crippen LogP contribution in [0.4, 0.5) is 5.69 Å². The highest BCUT2D eigenvalue weighted by molar-refractivity contribution is 9.10. The molecule has 0 spiro atoms. The molecule has 3 nitrogen and oxygen atoms in total. The van der Waals surface area contributed by atoms with Crippen molar-refractivity contribution in [2.24, 2.45) is 0 Å². The highest BCUT2D eigenvalue weighted by Crippen LogP contribution is 2.36. The molecule has 0 bridgehead atoms. The van der Waals surface area contributed by atoms with E-state index >= 15 is 0 Å². The lowest BCUT2D eigenvalue weighted by Gasteiger charge is -2.17. The zero-order valence-electron chi connectivity index (χ0n) is 15.9. The summed E-state index contributed by atoms with van der Waals surface area (Å²) in [4.78, 5) is 0. The van der Waals surface area contributed by atoms with Gasteiger partial charge in [-0.2, -0.15) is 0 Å². The van der Waals surface area contributed by atoms with Crippen LogP contribution in [0.25, 0.3) is 0 Å². The van der Waals surface area contributed by atoms with E-state index in [9.17, 15) is 0 Å². The van der Waals surface area contributed by atoms with Crippen molar-refractivity contribution in [1.82, 2.24) is 0 Å². The van der Waals surface area contributed by atoms with Crippen molar-refractivity contribution >= 4 is 21.6 Å². The van der Waals surface area contributed by atoms with Gasteiger partial charge in [-0.3, -0.25) is 0 Å². The van der Waals surface area contributed by atoms with Gasteiger partial charge in [0, 0.05) is 22.3 Å². The third-order valence-electron chi connectivity index (χ3n) is 4.53. The summed E-state index contributed by atoms with van der Waals surface area (Å²) in [6.45, 7) is 5.38. The molecule has 0 fully saturated rings. The van der Waals surface area contributed by atoms with Gasteiger partial charge in [0.2, 0.25) is 0 Å². The summed E-state index contributed by atoms with van der Waals surface area (Å²) >= 11 is 3.57. The van der Waals surface area contributed by atoms with E-state index in [4.69, 9.17) is 9.47 Å². The molecule has 0 amide bonds. The third kappa shape index (κ3) is 5.04. The molecule has 0 saturated carbocycles. The normalized spacial score (nSPS) is 10.5. The van der Waals surface area contributed by atoms with Gasteiger partial charge < -0.3 is 14.8 Å². The van der Waals surface area contributed by atoms with E-state index in [0.717, 1.165) is 32.8 Å². The molecular formula is C23H24BrNO2. The van der Waals surface area contributed by atoms with Gasteiger partial charge in [-0.25, -0.2) is 0 Å². The number of anilines is 1. The molecular weight excluding hydrogens is 402 g/mol. The van der Waals surface area contributed by atoms with E-state index in [2.05, 4.69) is 71.5 Å². The van der Waals surface area contributed by atoms with Crippen LogP contribution in [0.5, 0.6) is 11.5 Å². The minimum absolute atomic E-state index is 0.496. The molecule has 0 aliphatic rings. The van der Waals surface area contributed by atoms with Gasteiger partial charge in [-0.1, -0.05) is 52.3 Å². The van der Waals surface area contributed by atoms with E-state index in [1.807, 2.05) is 24.3 Å². The zero-order valence-corrected chi connectivity index (χ0v) is 17.5. The number of rotatable bonds is 7. The highest BCUT2D eigenvalue weighted by Gasteiger charge is 2.13. The van der Waals surface area contributed by atoms with Crippen molar-refractivity contribution in [3.8, 4) is 11.5 Å². The molecule has 0 aliphatic carbocycles. The number of ether oxygens (including phenoxy) is 2. The summed E-state index contributed by atoms with van der Waals surface area (Å²) in [5.41, 5.74) is 5.81. The van der Waals surface area contributed by atoms with Crippen LogP contribution >= 0.6 is 15.9 Å². The average Bonchev–Trinajstić information content (AvgIpc) is 2.68. The SMILES string of the molecule is COc1cc(Br)cc(CNc2ccc(C)c(C)c2)c1OCc1ccccc1. The summed E-state index contributed by atoms with van der Waals surface area (Å²) < 4.78 is 12.7. The number of nitrogens with one attached hydrogen (secondary N) is 1. The minimum atomic E-state index is 0.496. The Balaban J connectivity index is 1.81. The fraction of sp³-hybridized carbons (Fsp3) is 0.217. The van der Waals surface area contributed by atoms with Gasteiger partial charge in [0.1, 0.15) is 6.61 Å². The first-order valence-corrected chi connectivity index (χ1v) is 9.70. The average molecular weight is 426 g/mol. The first kappa shape index (κ1) is 19.3. The molecule has 0 saturated heterocycles. The van der Waals surface area contributed by atoms with Crippen LogP contribution < -0.4 is 14.8 Å². The fourth-order valence-electron chi connectivity index (χ4n) is 2.85. The Hall–Kier alpha value is -2.46. The van der Waals surface area contributed by atoms with E-state index in [-0.39, 0.29) is 0 Å². The monoisotopic (exact) mass is 425 g/mol. The quantitative estimate of drug-likeness (QED) is 0.483. The Morgan fingerprint density at radius 1 is 0.926 bits per heavy atom. The molecule has 0 aliphatic heterocycles. The van der Waals surface area contributed by atoms with Crippen LogP contribution in [-0.2, 0) is 13.2 Å². The highest BCUT2D eigenvalue weighted by atomic mass is 79.9. The summed E-state index contributed by atoms with van der Waals surface area (Å²) in [7, 11) is 1.66. The van der Waals surface area contributed by atoms with Crippen LogP contribution in [0.2, 0.25) is 0 Å². The second-order valence-corrected chi connectivity index (χ2v) is 7.44. The Labute approximate surface area is 169 Å². The summed E-state index contributed by atoms with van der Waals surface area (Å²) in [6, 6.07) is 20.5. The van der Waals surface area contributed by atoms with Crippen LogP contribution in [0.3, 0.4) is 0 Å². The largest absolute Gasteiger partial charge is 0.493 e. The van der Waals surface area contributed by atoms with Crippen LogP contribution in [0.1, 0.15) is 22.3 Å².